The van der Waals surface area contributed by atoms with E-state index in [1.54, 1.807) is 7.11 Å². The van der Waals surface area contributed by atoms with E-state index in [-0.39, 0.29) is 0 Å². The zero-order chi connectivity index (χ0) is 17.2. The number of nitrogens with zero attached hydrogens (tertiary/aromatic N) is 2. The summed E-state index contributed by atoms with van der Waals surface area (Å²) < 4.78 is 5.22. The van der Waals surface area contributed by atoms with E-state index in [0.29, 0.717) is 16.3 Å². The maximum atomic E-state index is 11.9. The lowest BCUT2D eigenvalue weighted by molar-refractivity contribution is -0.138. The Kier molecular flexibility index (Phi) is 5.36. The summed E-state index contributed by atoms with van der Waals surface area (Å²) in [7, 11) is 1.64. The lowest BCUT2D eigenvalue weighted by Crippen LogP contribution is -2.51. The minimum absolute atomic E-state index is 0.332. The Hall–Kier alpha value is -1.26. The molecule has 5 heteroatoms. The average molecular weight is 351 g/mol. The van der Waals surface area contributed by atoms with Gasteiger partial charge in [0.25, 0.3) is 0 Å². The van der Waals surface area contributed by atoms with Crippen LogP contribution in [0.15, 0.2) is 18.2 Å². The number of hydrogen-bond donors (Lipinski definition) is 0. The van der Waals surface area contributed by atoms with Gasteiger partial charge in [-0.2, -0.15) is 0 Å². The Bertz CT molecular complexity index is 597. The first-order chi connectivity index (χ1) is 11.5. The van der Waals surface area contributed by atoms with Crippen LogP contribution in [0.2, 0.25) is 5.02 Å². The van der Waals surface area contributed by atoms with E-state index in [4.69, 9.17) is 16.3 Å². The van der Waals surface area contributed by atoms with Crippen LogP contribution in [0, 0.1) is 5.41 Å². The number of hydrogen-bond acceptors (Lipinski definition) is 3. The van der Waals surface area contributed by atoms with Crippen molar-refractivity contribution in [3.8, 4) is 5.75 Å². The van der Waals surface area contributed by atoms with E-state index in [1.165, 1.54) is 18.4 Å². The number of piperidine rings is 2. The first-order valence-corrected chi connectivity index (χ1v) is 9.25. The van der Waals surface area contributed by atoms with Crippen molar-refractivity contribution in [3.63, 3.8) is 0 Å². The SMILES string of the molecule is CCN1CC2(CCC1=O)CCN(Cc1ccc(OC)c(Cl)c1)CC2. The Labute approximate surface area is 149 Å². The smallest absolute Gasteiger partial charge is 0.222 e. The number of amides is 1. The molecule has 2 aliphatic rings. The van der Waals surface area contributed by atoms with E-state index >= 15 is 0 Å². The Balaban J connectivity index is 1.57. The maximum Gasteiger partial charge on any atom is 0.222 e. The third-order valence-corrected chi connectivity index (χ3v) is 5.96. The number of rotatable bonds is 4. The highest BCUT2D eigenvalue weighted by atomic mass is 35.5. The topological polar surface area (TPSA) is 32.8 Å². The molecule has 0 saturated carbocycles. The number of benzene rings is 1. The van der Waals surface area contributed by atoms with Crippen molar-refractivity contribution in [2.75, 3.05) is 33.3 Å². The van der Waals surface area contributed by atoms with Crippen molar-refractivity contribution in [2.24, 2.45) is 5.41 Å². The molecule has 1 spiro atoms. The van der Waals surface area contributed by atoms with E-state index in [1.807, 2.05) is 17.0 Å². The average Bonchev–Trinajstić information content (AvgIpc) is 2.59. The molecule has 132 valence electrons. The molecule has 0 N–H and O–H groups in total. The van der Waals surface area contributed by atoms with Crippen LogP contribution < -0.4 is 4.74 Å². The quantitative estimate of drug-likeness (QED) is 0.832. The zero-order valence-corrected chi connectivity index (χ0v) is 15.4. The number of methoxy groups -OCH3 is 1. The third kappa shape index (κ3) is 3.70. The molecule has 2 heterocycles. The number of carbonyl (C=O) groups excluding carboxylic acids is 1. The van der Waals surface area contributed by atoms with Crippen molar-refractivity contribution in [2.45, 2.75) is 39.2 Å². The molecule has 24 heavy (non-hydrogen) atoms. The molecule has 4 nitrogen and oxygen atoms in total. The number of likely N-dealkylation sites (tertiary alicyclic amines) is 2. The summed E-state index contributed by atoms with van der Waals surface area (Å²) >= 11 is 6.23. The Morgan fingerprint density at radius 1 is 1.25 bits per heavy atom. The highest BCUT2D eigenvalue weighted by molar-refractivity contribution is 6.32. The maximum absolute atomic E-state index is 11.9. The molecule has 2 aliphatic heterocycles. The normalized spacial score (nSPS) is 21.3. The van der Waals surface area contributed by atoms with E-state index in [9.17, 15) is 4.79 Å². The van der Waals surface area contributed by atoms with Gasteiger partial charge in [-0.05, 0) is 62.4 Å². The Morgan fingerprint density at radius 2 is 2.00 bits per heavy atom. The molecule has 1 aromatic rings. The van der Waals surface area contributed by atoms with E-state index < -0.39 is 0 Å². The van der Waals surface area contributed by atoms with Crippen LogP contribution in [0.4, 0.5) is 0 Å². The summed E-state index contributed by atoms with van der Waals surface area (Å²) in [6.45, 7) is 6.99. The van der Waals surface area contributed by atoms with Crippen LogP contribution >= 0.6 is 11.6 Å². The first-order valence-electron chi connectivity index (χ1n) is 8.88. The van der Waals surface area contributed by atoms with Gasteiger partial charge < -0.3 is 9.64 Å². The zero-order valence-electron chi connectivity index (χ0n) is 14.7. The largest absolute Gasteiger partial charge is 0.495 e. The van der Waals surface area contributed by atoms with E-state index in [2.05, 4.69) is 17.9 Å². The van der Waals surface area contributed by atoms with Gasteiger partial charge >= 0.3 is 0 Å². The van der Waals surface area contributed by atoms with Gasteiger partial charge in [0.05, 0.1) is 12.1 Å². The second-order valence-electron chi connectivity index (χ2n) is 7.15. The number of ether oxygens (including phenoxy) is 1. The molecule has 0 aromatic heterocycles. The van der Waals surface area contributed by atoms with Crippen molar-refractivity contribution < 1.29 is 9.53 Å². The van der Waals surface area contributed by atoms with Crippen LogP contribution in [-0.4, -0.2) is 49.0 Å². The standard InChI is InChI=1S/C19H27ClN2O2/c1-3-22-14-19(7-6-18(22)23)8-10-21(11-9-19)13-15-4-5-17(24-2)16(20)12-15/h4-5,12H,3,6-11,13-14H2,1-2H3. The second-order valence-corrected chi connectivity index (χ2v) is 7.56. The van der Waals surface area contributed by atoms with E-state index in [0.717, 1.165) is 51.3 Å². The molecule has 0 unspecified atom stereocenters. The van der Waals surface area contributed by atoms with Crippen LogP contribution in [0.3, 0.4) is 0 Å². The fourth-order valence-electron chi connectivity index (χ4n) is 4.05. The predicted octanol–water partition coefficient (Wildman–Crippen LogP) is 3.57. The number of carbonyl (C=O) groups is 1. The molecule has 1 aromatic carbocycles. The van der Waals surface area contributed by atoms with Gasteiger partial charge in [0.2, 0.25) is 5.91 Å². The van der Waals surface area contributed by atoms with Crippen LogP contribution in [0.25, 0.3) is 0 Å². The van der Waals surface area contributed by atoms with Gasteiger partial charge in [-0.25, -0.2) is 0 Å². The highest BCUT2D eigenvalue weighted by Crippen LogP contribution is 2.40. The molecule has 1 amide bonds. The molecule has 0 bridgehead atoms. The highest BCUT2D eigenvalue weighted by Gasteiger charge is 2.40. The Morgan fingerprint density at radius 3 is 2.62 bits per heavy atom. The van der Waals surface area contributed by atoms with Gasteiger partial charge in [0, 0.05) is 26.1 Å². The van der Waals surface area contributed by atoms with Gasteiger partial charge in [-0.1, -0.05) is 17.7 Å². The molecule has 0 atom stereocenters. The molecule has 3 rings (SSSR count). The molecule has 2 saturated heterocycles. The van der Waals surface area contributed by atoms with Crippen molar-refractivity contribution >= 4 is 17.5 Å². The fourth-order valence-corrected chi connectivity index (χ4v) is 4.33. The lowest BCUT2D eigenvalue weighted by Gasteiger charge is -2.47. The fraction of sp³-hybridized carbons (Fsp3) is 0.632. The summed E-state index contributed by atoms with van der Waals surface area (Å²) in [6, 6.07) is 6.03. The van der Waals surface area contributed by atoms with Crippen LogP contribution in [0.5, 0.6) is 5.75 Å². The lowest BCUT2D eigenvalue weighted by atomic mass is 9.72. The summed E-state index contributed by atoms with van der Waals surface area (Å²) in [5.74, 6) is 1.06. The van der Waals surface area contributed by atoms with Crippen molar-refractivity contribution in [3.05, 3.63) is 28.8 Å². The summed E-state index contributed by atoms with van der Waals surface area (Å²) in [4.78, 5) is 16.5. The van der Waals surface area contributed by atoms with Gasteiger partial charge in [0.15, 0.2) is 0 Å². The monoisotopic (exact) mass is 350 g/mol. The summed E-state index contributed by atoms with van der Waals surface area (Å²) in [5, 5.41) is 0.674. The van der Waals surface area contributed by atoms with Crippen molar-refractivity contribution in [1.82, 2.24) is 9.80 Å². The molecule has 0 radical (unpaired) electrons. The van der Waals surface area contributed by atoms with Gasteiger partial charge in [-0.3, -0.25) is 9.69 Å². The van der Waals surface area contributed by atoms with Gasteiger partial charge in [0.1, 0.15) is 5.75 Å². The van der Waals surface area contributed by atoms with Crippen LogP contribution in [-0.2, 0) is 11.3 Å². The minimum Gasteiger partial charge on any atom is -0.495 e. The second kappa shape index (κ2) is 7.32. The molecule has 2 fully saturated rings. The van der Waals surface area contributed by atoms with Crippen molar-refractivity contribution in [1.29, 1.82) is 0 Å². The molecule has 0 aliphatic carbocycles. The first kappa shape index (κ1) is 17.6. The molecular weight excluding hydrogens is 324 g/mol. The number of halogens is 1. The summed E-state index contributed by atoms with van der Waals surface area (Å²) in [5.41, 5.74) is 1.57. The predicted molar refractivity (Wildman–Crippen MR) is 96.4 cm³/mol. The summed E-state index contributed by atoms with van der Waals surface area (Å²) in [6.07, 6.45) is 4.15. The minimum atomic E-state index is 0.332. The van der Waals surface area contributed by atoms with Crippen LogP contribution in [0.1, 0.15) is 38.2 Å². The third-order valence-electron chi connectivity index (χ3n) is 5.67. The molecular formula is C19H27ClN2O2. The van der Waals surface area contributed by atoms with Gasteiger partial charge in [-0.15, -0.1) is 0 Å².